The molecule has 0 saturated carbocycles. The first kappa shape index (κ1) is 16.2. The number of carbonyl (C=O) groups excluding carboxylic acids is 1. The topological polar surface area (TPSA) is 49.4 Å². The zero-order valence-electron chi connectivity index (χ0n) is 15.0. The van der Waals surface area contributed by atoms with Gasteiger partial charge in [0.2, 0.25) is 0 Å². The highest BCUT2D eigenvalue weighted by molar-refractivity contribution is 5.86. The molecule has 1 heterocycles. The van der Waals surface area contributed by atoms with Crippen LogP contribution < -0.4 is 9.84 Å². The minimum atomic E-state index is -1.15. The fourth-order valence-corrected chi connectivity index (χ4v) is 4.41. The highest BCUT2D eigenvalue weighted by atomic mass is 16.5. The molecular formula is C22H23O3-. The normalized spacial score (nSPS) is 23.5. The molecule has 0 saturated heterocycles. The van der Waals surface area contributed by atoms with E-state index in [1.165, 1.54) is 29.5 Å². The van der Waals surface area contributed by atoms with Gasteiger partial charge >= 0.3 is 0 Å². The summed E-state index contributed by atoms with van der Waals surface area (Å²) in [7, 11) is 0. The standard InChI is InChI=1S/C22H24O3/c1-21(2)10-4-5-14-11-16(7-8-17(14)21)22(3)13-25-19-9-6-15(20(23)24)12-18(19)22/h6-9,11-12H,4-5,10,13H2,1-3H3,(H,23,24)/p-1. The number of carbonyl (C=O) groups is 1. The number of aromatic carboxylic acids is 1. The molecule has 1 unspecified atom stereocenters. The van der Waals surface area contributed by atoms with Crippen LogP contribution in [0.1, 0.15) is 66.2 Å². The number of hydrogen-bond donors (Lipinski definition) is 0. The van der Waals surface area contributed by atoms with Crippen LogP contribution in [-0.2, 0) is 17.3 Å². The summed E-state index contributed by atoms with van der Waals surface area (Å²) in [5.74, 6) is -0.380. The van der Waals surface area contributed by atoms with Crippen LogP contribution in [0.4, 0.5) is 0 Å². The Hall–Kier alpha value is -2.29. The van der Waals surface area contributed by atoms with Crippen molar-refractivity contribution in [3.05, 3.63) is 64.2 Å². The Bertz CT molecular complexity index is 866. The van der Waals surface area contributed by atoms with Gasteiger partial charge in [-0.2, -0.15) is 0 Å². The first-order chi connectivity index (χ1) is 11.8. The largest absolute Gasteiger partial charge is 0.545 e. The summed E-state index contributed by atoms with van der Waals surface area (Å²) in [6.07, 6.45) is 3.54. The molecule has 130 valence electrons. The van der Waals surface area contributed by atoms with Crippen molar-refractivity contribution in [2.75, 3.05) is 6.61 Å². The number of carboxylic acid groups (broad SMARTS) is 1. The average molecular weight is 335 g/mol. The van der Waals surface area contributed by atoms with Crippen molar-refractivity contribution in [1.82, 2.24) is 0 Å². The van der Waals surface area contributed by atoms with Crippen molar-refractivity contribution in [3.8, 4) is 5.75 Å². The summed E-state index contributed by atoms with van der Waals surface area (Å²) >= 11 is 0. The number of ether oxygens (including phenoxy) is 1. The molecule has 0 aromatic heterocycles. The van der Waals surface area contributed by atoms with E-state index in [0.29, 0.717) is 6.61 Å². The van der Waals surface area contributed by atoms with Crippen molar-refractivity contribution < 1.29 is 14.6 Å². The number of fused-ring (bicyclic) bond motifs is 2. The van der Waals surface area contributed by atoms with Crippen molar-refractivity contribution >= 4 is 5.97 Å². The molecule has 1 atom stereocenters. The summed E-state index contributed by atoms with van der Waals surface area (Å²) in [6, 6.07) is 11.8. The van der Waals surface area contributed by atoms with Gasteiger partial charge < -0.3 is 14.6 Å². The molecule has 0 bridgehead atoms. The lowest BCUT2D eigenvalue weighted by Crippen LogP contribution is -2.29. The van der Waals surface area contributed by atoms with Crippen LogP contribution in [0.15, 0.2) is 36.4 Å². The molecule has 3 heteroatoms. The van der Waals surface area contributed by atoms with Gasteiger partial charge in [0.1, 0.15) is 12.4 Å². The third kappa shape index (κ3) is 2.45. The van der Waals surface area contributed by atoms with E-state index in [1.807, 2.05) is 0 Å². The Morgan fingerprint density at radius 1 is 1.08 bits per heavy atom. The van der Waals surface area contributed by atoms with Crippen molar-refractivity contribution in [3.63, 3.8) is 0 Å². The SMILES string of the molecule is CC1(C)CCCc2cc(C3(C)COc4ccc(C(=O)[O-])cc43)ccc21. The Morgan fingerprint density at radius 3 is 2.64 bits per heavy atom. The van der Waals surface area contributed by atoms with Gasteiger partial charge in [-0.15, -0.1) is 0 Å². The van der Waals surface area contributed by atoms with Gasteiger partial charge in [0.05, 0.1) is 11.4 Å². The van der Waals surface area contributed by atoms with E-state index in [9.17, 15) is 9.90 Å². The molecule has 2 aromatic carbocycles. The second kappa shape index (κ2) is 5.35. The van der Waals surface area contributed by atoms with Gasteiger partial charge in [-0.1, -0.05) is 32.0 Å². The molecule has 3 nitrogen and oxygen atoms in total. The quantitative estimate of drug-likeness (QED) is 0.845. The molecule has 0 N–H and O–H groups in total. The maximum absolute atomic E-state index is 11.3. The van der Waals surface area contributed by atoms with E-state index in [2.05, 4.69) is 39.0 Å². The molecule has 1 aliphatic heterocycles. The van der Waals surface area contributed by atoms with Crippen molar-refractivity contribution in [1.29, 1.82) is 0 Å². The second-order valence-electron chi connectivity index (χ2n) is 8.23. The molecule has 0 amide bonds. The number of aryl methyl sites for hydroxylation is 1. The molecular weight excluding hydrogens is 312 g/mol. The Morgan fingerprint density at radius 2 is 1.88 bits per heavy atom. The van der Waals surface area contributed by atoms with Gasteiger partial charge in [0, 0.05) is 5.56 Å². The Balaban J connectivity index is 1.82. The van der Waals surface area contributed by atoms with Gasteiger partial charge in [-0.25, -0.2) is 0 Å². The summed E-state index contributed by atoms with van der Waals surface area (Å²) in [4.78, 5) is 11.3. The molecule has 2 aromatic rings. The first-order valence-corrected chi connectivity index (χ1v) is 8.94. The smallest absolute Gasteiger partial charge is 0.123 e. The lowest BCUT2D eigenvalue weighted by atomic mass is 9.70. The zero-order chi connectivity index (χ0) is 17.8. The number of rotatable bonds is 2. The van der Waals surface area contributed by atoms with E-state index >= 15 is 0 Å². The predicted molar refractivity (Wildman–Crippen MR) is 95.1 cm³/mol. The zero-order valence-corrected chi connectivity index (χ0v) is 15.0. The van der Waals surface area contributed by atoms with E-state index in [1.54, 1.807) is 18.2 Å². The Labute approximate surface area is 148 Å². The van der Waals surface area contributed by atoms with E-state index in [-0.39, 0.29) is 16.4 Å². The van der Waals surface area contributed by atoms with E-state index < -0.39 is 5.97 Å². The minimum absolute atomic E-state index is 0.203. The fraction of sp³-hybridized carbons (Fsp3) is 0.409. The highest BCUT2D eigenvalue weighted by Gasteiger charge is 2.39. The second-order valence-corrected chi connectivity index (χ2v) is 8.23. The summed E-state index contributed by atoms with van der Waals surface area (Å²) in [5.41, 5.74) is 5.07. The van der Waals surface area contributed by atoms with E-state index in [0.717, 1.165) is 17.7 Å². The van der Waals surface area contributed by atoms with Gasteiger partial charge in [-0.05, 0) is 72.1 Å². The van der Waals surface area contributed by atoms with Gasteiger partial charge in [-0.3, -0.25) is 0 Å². The summed E-state index contributed by atoms with van der Waals surface area (Å²) in [5, 5.41) is 11.3. The summed E-state index contributed by atoms with van der Waals surface area (Å²) in [6.45, 7) is 7.29. The molecule has 2 aliphatic rings. The van der Waals surface area contributed by atoms with Crippen LogP contribution in [-0.4, -0.2) is 12.6 Å². The third-order valence-corrected chi connectivity index (χ3v) is 6.05. The fourth-order valence-electron chi connectivity index (χ4n) is 4.41. The lowest BCUT2D eigenvalue weighted by Gasteiger charge is -2.34. The number of benzene rings is 2. The lowest BCUT2D eigenvalue weighted by molar-refractivity contribution is -0.255. The average Bonchev–Trinajstić information content (AvgIpc) is 2.92. The molecule has 25 heavy (non-hydrogen) atoms. The van der Waals surface area contributed by atoms with Gasteiger partial charge in [0.15, 0.2) is 0 Å². The predicted octanol–water partition coefficient (Wildman–Crippen LogP) is 3.36. The highest BCUT2D eigenvalue weighted by Crippen LogP contribution is 2.45. The van der Waals surface area contributed by atoms with Crippen LogP contribution in [0.5, 0.6) is 5.75 Å². The molecule has 0 radical (unpaired) electrons. The Kier molecular flexibility index (Phi) is 3.47. The van der Waals surface area contributed by atoms with Gasteiger partial charge in [0.25, 0.3) is 0 Å². The van der Waals surface area contributed by atoms with E-state index in [4.69, 9.17) is 4.74 Å². The van der Waals surface area contributed by atoms with Crippen LogP contribution in [0.2, 0.25) is 0 Å². The van der Waals surface area contributed by atoms with Crippen molar-refractivity contribution in [2.24, 2.45) is 0 Å². The third-order valence-electron chi connectivity index (χ3n) is 6.05. The molecule has 1 aliphatic carbocycles. The van der Waals surface area contributed by atoms with Crippen LogP contribution >= 0.6 is 0 Å². The minimum Gasteiger partial charge on any atom is -0.545 e. The molecule has 4 rings (SSSR count). The van der Waals surface area contributed by atoms with Crippen LogP contribution in [0.3, 0.4) is 0 Å². The molecule has 0 spiro atoms. The first-order valence-electron chi connectivity index (χ1n) is 8.94. The summed E-state index contributed by atoms with van der Waals surface area (Å²) < 4.78 is 5.87. The monoisotopic (exact) mass is 335 g/mol. The number of hydrogen-bond acceptors (Lipinski definition) is 3. The number of carboxylic acids is 1. The maximum Gasteiger partial charge on any atom is 0.123 e. The van der Waals surface area contributed by atoms with Crippen LogP contribution in [0.25, 0.3) is 0 Å². The van der Waals surface area contributed by atoms with Crippen LogP contribution in [0, 0.1) is 0 Å². The molecule has 0 fully saturated rings. The maximum atomic E-state index is 11.3. The van der Waals surface area contributed by atoms with Crippen molar-refractivity contribution in [2.45, 2.75) is 50.9 Å².